The average Bonchev–Trinajstić information content (AvgIpc) is 2.63. The normalized spacial score (nSPS) is 12.6. The molecule has 0 radical (unpaired) electrons. The van der Waals surface area contributed by atoms with Gasteiger partial charge >= 0.3 is 0 Å². The van der Waals surface area contributed by atoms with Crippen LogP contribution < -0.4 is 15.9 Å². The van der Waals surface area contributed by atoms with E-state index in [4.69, 9.17) is 0 Å². The van der Waals surface area contributed by atoms with Gasteiger partial charge in [-0.3, -0.25) is 0 Å². The molecule has 0 unspecified atom stereocenters. The van der Waals surface area contributed by atoms with Gasteiger partial charge in [0.05, 0.1) is 0 Å². The first-order valence-electron chi connectivity index (χ1n) is 11.3. The fourth-order valence-electron chi connectivity index (χ4n) is 4.46. The fraction of sp³-hybridized carbons (Fsp3) is 0.538. The molecule has 2 rings (SSSR count). The Hall–Kier alpha value is -1.10. The number of benzene rings is 2. The van der Waals surface area contributed by atoms with Crippen molar-refractivity contribution in [3.8, 4) is 0 Å². The summed E-state index contributed by atoms with van der Waals surface area (Å²) in [5.74, 6) is 0. The van der Waals surface area contributed by atoms with Gasteiger partial charge in [-0.05, 0) is 60.7 Å². The van der Waals surface area contributed by atoms with Gasteiger partial charge in [-0.2, -0.15) is 0 Å². The van der Waals surface area contributed by atoms with Crippen molar-refractivity contribution in [2.24, 2.45) is 0 Å². The van der Waals surface area contributed by atoms with Crippen LogP contribution in [0.2, 0.25) is 0 Å². The lowest BCUT2D eigenvalue weighted by Gasteiger charge is -2.34. The van der Waals surface area contributed by atoms with Gasteiger partial charge in [0.25, 0.3) is 0 Å². The summed E-state index contributed by atoms with van der Waals surface area (Å²) in [5.41, 5.74) is 6.84. The van der Waals surface area contributed by atoms with Gasteiger partial charge in [0.2, 0.25) is 0 Å². The molecule has 2 N–H and O–H groups in total. The number of aryl methyl sites for hydroxylation is 2. The summed E-state index contributed by atoms with van der Waals surface area (Å²) >= 11 is 0. The molecule has 0 saturated carbocycles. The summed E-state index contributed by atoms with van der Waals surface area (Å²) in [7, 11) is -2.34. The van der Waals surface area contributed by atoms with E-state index in [0.717, 1.165) is 5.69 Å². The van der Waals surface area contributed by atoms with Gasteiger partial charge in [-0.1, -0.05) is 86.6 Å². The molecule has 0 spiro atoms. The molecule has 0 aromatic heterocycles. The standard InChI is InChI=1S/C26H42N2P2/c1-17(2)29(18(3)4)25-15-21(9)11-13-23(25)28-24-14-12-22(10)16-26(24)30(27,19(5)6)20(7)8/h11-20,27-28H,1-10H3. The van der Waals surface area contributed by atoms with Crippen LogP contribution in [0.1, 0.15) is 66.5 Å². The van der Waals surface area contributed by atoms with Crippen molar-refractivity contribution in [3.05, 3.63) is 47.5 Å². The molecular weight excluding hydrogens is 402 g/mol. The van der Waals surface area contributed by atoms with Crippen molar-refractivity contribution >= 4 is 37.0 Å². The molecule has 0 amide bonds. The van der Waals surface area contributed by atoms with Crippen molar-refractivity contribution in [2.45, 2.75) is 91.9 Å². The summed E-state index contributed by atoms with van der Waals surface area (Å²) in [6.45, 7) is 22.6. The Morgan fingerprint density at radius 1 is 0.733 bits per heavy atom. The lowest BCUT2D eigenvalue weighted by molar-refractivity contribution is 0.994. The monoisotopic (exact) mass is 444 g/mol. The third kappa shape index (κ3) is 5.20. The van der Waals surface area contributed by atoms with Crippen LogP contribution in [0.15, 0.2) is 36.4 Å². The van der Waals surface area contributed by atoms with Crippen molar-refractivity contribution in [1.29, 1.82) is 5.16 Å². The van der Waals surface area contributed by atoms with Gasteiger partial charge in [0.1, 0.15) is 0 Å². The van der Waals surface area contributed by atoms with E-state index in [2.05, 4.69) is 111 Å². The van der Waals surface area contributed by atoms with Crippen LogP contribution in [0.5, 0.6) is 0 Å². The Morgan fingerprint density at radius 2 is 1.20 bits per heavy atom. The van der Waals surface area contributed by atoms with Crippen LogP contribution in [0.25, 0.3) is 0 Å². The van der Waals surface area contributed by atoms with E-state index in [9.17, 15) is 5.16 Å². The SMILES string of the molecule is Cc1ccc(Nc2ccc(C)cc2P(=N)(C(C)C)C(C)C)c(P(C(C)C)C(C)C)c1. The lowest BCUT2D eigenvalue weighted by Crippen LogP contribution is -2.24. The number of hydrogen-bond acceptors (Lipinski definition) is 2. The van der Waals surface area contributed by atoms with Crippen LogP contribution in [0.4, 0.5) is 11.4 Å². The summed E-state index contributed by atoms with van der Waals surface area (Å²) in [4.78, 5) is 0. The first-order valence-corrected chi connectivity index (χ1v) is 14.7. The van der Waals surface area contributed by atoms with Crippen molar-refractivity contribution < 1.29 is 0 Å². The van der Waals surface area contributed by atoms with E-state index >= 15 is 0 Å². The molecule has 0 fully saturated rings. The van der Waals surface area contributed by atoms with Crippen LogP contribution in [-0.4, -0.2) is 22.6 Å². The zero-order valence-electron chi connectivity index (χ0n) is 20.7. The van der Waals surface area contributed by atoms with Gasteiger partial charge < -0.3 is 10.5 Å². The average molecular weight is 445 g/mol. The van der Waals surface area contributed by atoms with Crippen molar-refractivity contribution in [3.63, 3.8) is 0 Å². The first-order chi connectivity index (χ1) is 13.9. The molecule has 0 aliphatic carbocycles. The van der Waals surface area contributed by atoms with E-state index in [0.29, 0.717) is 22.6 Å². The molecule has 4 heteroatoms. The highest BCUT2D eigenvalue weighted by atomic mass is 31.2. The second-order valence-electron chi connectivity index (χ2n) is 9.73. The van der Waals surface area contributed by atoms with Crippen LogP contribution in [-0.2, 0) is 0 Å². The Labute approximate surface area is 186 Å². The molecule has 2 aromatic rings. The zero-order chi connectivity index (χ0) is 22.8. The minimum Gasteiger partial charge on any atom is -0.354 e. The zero-order valence-corrected chi connectivity index (χ0v) is 22.5. The van der Waals surface area contributed by atoms with E-state index in [1.807, 2.05) is 0 Å². The van der Waals surface area contributed by atoms with Crippen molar-refractivity contribution in [1.82, 2.24) is 0 Å². The van der Waals surface area contributed by atoms with Crippen LogP contribution >= 0.6 is 15.0 Å². The van der Waals surface area contributed by atoms with E-state index in [1.54, 1.807) is 0 Å². The molecule has 2 nitrogen and oxygen atoms in total. The Kier molecular flexibility index (Phi) is 8.40. The minimum atomic E-state index is -2.06. The third-order valence-electron chi connectivity index (χ3n) is 5.99. The van der Waals surface area contributed by atoms with E-state index in [-0.39, 0.29) is 7.92 Å². The first kappa shape index (κ1) is 25.2. The fourth-order valence-corrected chi connectivity index (χ4v) is 10.8. The maximum atomic E-state index is 9.56. The third-order valence-corrected chi connectivity index (χ3v) is 13.6. The molecule has 0 saturated heterocycles. The summed E-state index contributed by atoms with van der Waals surface area (Å²) in [6, 6.07) is 13.5. The second kappa shape index (κ2) is 10.0. The molecule has 30 heavy (non-hydrogen) atoms. The van der Waals surface area contributed by atoms with Gasteiger partial charge in [0.15, 0.2) is 0 Å². The number of hydrogen-bond donors (Lipinski definition) is 2. The van der Waals surface area contributed by atoms with E-state index in [1.165, 1.54) is 27.4 Å². The molecule has 0 atom stereocenters. The van der Waals surface area contributed by atoms with Crippen LogP contribution in [0, 0.1) is 19.0 Å². The number of rotatable bonds is 8. The highest BCUT2D eigenvalue weighted by Crippen LogP contribution is 2.56. The predicted molar refractivity (Wildman–Crippen MR) is 142 cm³/mol. The van der Waals surface area contributed by atoms with Gasteiger partial charge in [0, 0.05) is 29.0 Å². The number of anilines is 2. The summed E-state index contributed by atoms with van der Waals surface area (Å²) < 4.78 is 0. The highest BCUT2D eigenvalue weighted by molar-refractivity contribution is 7.74. The minimum absolute atomic E-state index is 0.276. The highest BCUT2D eigenvalue weighted by Gasteiger charge is 2.31. The molecule has 0 heterocycles. The predicted octanol–water partition coefficient (Wildman–Crippen LogP) is 8.19. The maximum Gasteiger partial charge on any atom is 0.0477 e. The largest absolute Gasteiger partial charge is 0.354 e. The maximum absolute atomic E-state index is 9.56. The lowest BCUT2D eigenvalue weighted by atomic mass is 10.2. The smallest absolute Gasteiger partial charge is 0.0477 e. The quantitative estimate of drug-likeness (QED) is 0.396. The molecule has 0 aliphatic rings. The van der Waals surface area contributed by atoms with Crippen molar-refractivity contribution in [2.75, 3.05) is 5.32 Å². The molecule has 0 bridgehead atoms. The summed E-state index contributed by atoms with van der Waals surface area (Å²) in [5, 5.41) is 16.1. The van der Waals surface area contributed by atoms with Crippen LogP contribution in [0.3, 0.4) is 0 Å². The molecule has 166 valence electrons. The molecular formula is C26H42N2P2. The molecule has 2 aromatic carbocycles. The molecule has 0 aliphatic heterocycles. The topological polar surface area (TPSA) is 35.9 Å². The van der Waals surface area contributed by atoms with Gasteiger partial charge in [-0.15, -0.1) is 0 Å². The van der Waals surface area contributed by atoms with Gasteiger partial charge in [-0.25, -0.2) is 0 Å². The Morgan fingerprint density at radius 3 is 1.67 bits per heavy atom. The number of nitrogens with one attached hydrogen (secondary N) is 2. The Bertz CT molecular complexity index is 893. The Balaban J connectivity index is 2.67. The van der Waals surface area contributed by atoms with E-state index < -0.39 is 7.05 Å². The second-order valence-corrected chi connectivity index (χ2v) is 17.2. The summed E-state index contributed by atoms with van der Waals surface area (Å²) in [6.07, 6.45) is 0.